The molecule has 2 aromatic carbocycles. The highest BCUT2D eigenvalue weighted by Crippen LogP contribution is 2.30. The van der Waals surface area contributed by atoms with Crippen LogP contribution in [0.2, 0.25) is 0 Å². The predicted octanol–water partition coefficient (Wildman–Crippen LogP) is 4.48. The van der Waals surface area contributed by atoms with Gasteiger partial charge in [0.2, 0.25) is 5.89 Å². The highest BCUT2D eigenvalue weighted by molar-refractivity contribution is 5.94. The van der Waals surface area contributed by atoms with Crippen LogP contribution in [0, 0.1) is 5.82 Å². The molecule has 1 heterocycles. The van der Waals surface area contributed by atoms with Gasteiger partial charge in [-0.1, -0.05) is 0 Å². The number of oxazole rings is 1. The van der Waals surface area contributed by atoms with Crippen LogP contribution < -0.4 is 10.1 Å². The Morgan fingerprint density at radius 2 is 1.90 bits per heavy atom. The maximum absolute atomic E-state index is 13.4. The molecular formula is C20H16F4N2O3. The summed E-state index contributed by atoms with van der Waals surface area (Å²) in [6.45, 7) is 0.0886. The second-order valence-electron chi connectivity index (χ2n) is 6.10. The molecule has 0 aliphatic carbocycles. The third kappa shape index (κ3) is 5.13. The van der Waals surface area contributed by atoms with E-state index in [1.165, 1.54) is 6.26 Å². The van der Waals surface area contributed by atoms with Crippen molar-refractivity contribution in [2.45, 2.75) is 12.6 Å². The van der Waals surface area contributed by atoms with Crippen molar-refractivity contribution in [3.63, 3.8) is 0 Å². The van der Waals surface area contributed by atoms with Crippen LogP contribution in [-0.2, 0) is 12.6 Å². The van der Waals surface area contributed by atoms with Crippen LogP contribution in [0.5, 0.6) is 5.75 Å². The molecule has 0 saturated carbocycles. The lowest BCUT2D eigenvalue weighted by molar-refractivity contribution is -0.137. The van der Waals surface area contributed by atoms with Crippen molar-refractivity contribution in [2.24, 2.45) is 0 Å². The lowest BCUT2D eigenvalue weighted by Gasteiger charge is -2.09. The average Bonchev–Trinajstić information content (AvgIpc) is 3.15. The Kier molecular flexibility index (Phi) is 5.86. The van der Waals surface area contributed by atoms with Crippen molar-refractivity contribution in [1.82, 2.24) is 10.3 Å². The molecule has 1 amide bonds. The van der Waals surface area contributed by atoms with Gasteiger partial charge in [-0.25, -0.2) is 9.37 Å². The number of nitrogens with zero attached hydrogens (tertiary/aromatic N) is 1. The van der Waals surface area contributed by atoms with Crippen molar-refractivity contribution in [1.29, 1.82) is 0 Å². The molecule has 152 valence electrons. The van der Waals surface area contributed by atoms with Crippen LogP contribution in [0.3, 0.4) is 0 Å². The summed E-state index contributed by atoms with van der Waals surface area (Å²) in [5.74, 6) is -0.873. The van der Waals surface area contributed by atoms with Crippen LogP contribution in [-0.4, -0.2) is 24.5 Å². The van der Waals surface area contributed by atoms with Crippen LogP contribution in [0.25, 0.3) is 11.5 Å². The number of hydrogen-bond acceptors (Lipinski definition) is 4. The molecule has 0 spiro atoms. The summed E-state index contributed by atoms with van der Waals surface area (Å²) in [4.78, 5) is 16.4. The fourth-order valence-corrected chi connectivity index (χ4v) is 2.58. The molecule has 0 radical (unpaired) electrons. The third-order valence-corrected chi connectivity index (χ3v) is 4.04. The Balaban J connectivity index is 1.60. The molecular weight excluding hydrogens is 392 g/mol. The highest BCUT2D eigenvalue weighted by Gasteiger charge is 2.32. The maximum Gasteiger partial charge on any atom is 0.416 e. The second kappa shape index (κ2) is 8.34. The molecule has 3 aromatic rings. The van der Waals surface area contributed by atoms with Crippen molar-refractivity contribution in [3.05, 3.63) is 71.4 Å². The lowest BCUT2D eigenvalue weighted by atomic mass is 10.1. The largest absolute Gasteiger partial charge is 0.497 e. The number of aromatic nitrogens is 1. The first-order valence-electron chi connectivity index (χ1n) is 8.51. The number of ether oxygens (including phenoxy) is 1. The minimum atomic E-state index is -4.74. The van der Waals surface area contributed by atoms with Crippen molar-refractivity contribution < 1.29 is 31.5 Å². The van der Waals surface area contributed by atoms with Gasteiger partial charge in [0.15, 0.2) is 0 Å². The minimum Gasteiger partial charge on any atom is -0.497 e. The van der Waals surface area contributed by atoms with Crippen LogP contribution in [0.15, 0.2) is 53.1 Å². The van der Waals surface area contributed by atoms with E-state index in [2.05, 4.69) is 10.3 Å². The molecule has 0 saturated heterocycles. The van der Waals surface area contributed by atoms with Gasteiger partial charge in [0.25, 0.3) is 5.91 Å². The number of carbonyl (C=O) groups is 1. The molecule has 29 heavy (non-hydrogen) atoms. The highest BCUT2D eigenvalue weighted by atomic mass is 19.4. The van der Waals surface area contributed by atoms with Gasteiger partial charge >= 0.3 is 6.18 Å². The molecule has 0 atom stereocenters. The first-order valence-corrected chi connectivity index (χ1v) is 8.51. The Bertz CT molecular complexity index is 998. The topological polar surface area (TPSA) is 64.4 Å². The number of nitrogens with one attached hydrogen (secondary N) is 1. The maximum atomic E-state index is 13.4. The van der Waals surface area contributed by atoms with E-state index in [1.807, 2.05) is 0 Å². The minimum absolute atomic E-state index is 0.0886. The average molecular weight is 408 g/mol. The van der Waals surface area contributed by atoms with Gasteiger partial charge in [-0.2, -0.15) is 13.2 Å². The number of amides is 1. The summed E-state index contributed by atoms with van der Waals surface area (Å²) in [5, 5.41) is 2.45. The van der Waals surface area contributed by atoms with Crippen LogP contribution >= 0.6 is 0 Å². The summed E-state index contributed by atoms with van der Waals surface area (Å²) in [6.07, 6.45) is -3.03. The molecule has 1 aromatic heterocycles. The normalized spacial score (nSPS) is 11.3. The van der Waals surface area contributed by atoms with E-state index in [1.54, 1.807) is 31.4 Å². The van der Waals surface area contributed by atoms with Gasteiger partial charge in [0.1, 0.15) is 17.8 Å². The van der Waals surface area contributed by atoms with E-state index >= 15 is 0 Å². The molecule has 0 aliphatic rings. The Morgan fingerprint density at radius 1 is 1.17 bits per heavy atom. The fourth-order valence-electron chi connectivity index (χ4n) is 2.58. The summed E-state index contributed by atoms with van der Waals surface area (Å²) in [5.41, 5.74) is -0.341. The lowest BCUT2D eigenvalue weighted by Crippen LogP contribution is -2.26. The first-order chi connectivity index (χ1) is 13.8. The number of rotatable bonds is 6. The van der Waals surface area contributed by atoms with Gasteiger partial charge in [0.05, 0.1) is 18.4 Å². The van der Waals surface area contributed by atoms with E-state index in [4.69, 9.17) is 9.15 Å². The van der Waals surface area contributed by atoms with Crippen molar-refractivity contribution in [3.8, 4) is 17.2 Å². The molecule has 0 aliphatic heterocycles. The number of carbonyl (C=O) groups excluding carboxylic acids is 1. The Morgan fingerprint density at radius 3 is 2.55 bits per heavy atom. The van der Waals surface area contributed by atoms with Gasteiger partial charge in [-0.05, 0) is 42.5 Å². The van der Waals surface area contributed by atoms with Gasteiger partial charge in [-0.3, -0.25) is 4.79 Å². The first kappa shape index (κ1) is 20.4. The summed E-state index contributed by atoms with van der Waals surface area (Å²) >= 11 is 0. The zero-order valence-corrected chi connectivity index (χ0v) is 15.2. The molecule has 9 heteroatoms. The smallest absolute Gasteiger partial charge is 0.416 e. The predicted molar refractivity (Wildman–Crippen MR) is 95.9 cm³/mol. The molecule has 0 unspecified atom stereocenters. The Hall–Kier alpha value is -3.36. The van der Waals surface area contributed by atoms with E-state index in [0.29, 0.717) is 29.5 Å². The third-order valence-electron chi connectivity index (χ3n) is 4.04. The summed E-state index contributed by atoms with van der Waals surface area (Å²) in [7, 11) is 1.56. The molecule has 3 rings (SSSR count). The zero-order valence-electron chi connectivity index (χ0n) is 15.2. The summed E-state index contributed by atoms with van der Waals surface area (Å²) < 4.78 is 62.1. The molecule has 1 N–H and O–H groups in total. The van der Waals surface area contributed by atoms with E-state index in [-0.39, 0.29) is 13.0 Å². The number of alkyl halides is 3. The number of hydrogen-bond donors (Lipinski definition) is 1. The van der Waals surface area contributed by atoms with Crippen molar-refractivity contribution in [2.75, 3.05) is 13.7 Å². The Labute approximate surface area is 163 Å². The van der Waals surface area contributed by atoms with Crippen molar-refractivity contribution >= 4 is 5.91 Å². The van der Waals surface area contributed by atoms with E-state index < -0.39 is 29.0 Å². The molecule has 0 bridgehead atoms. The van der Waals surface area contributed by atoms with Crippen LogP contribution in [0.4, 0.5) is 17.6 Å². The van der Waals surface area contributed by atoms with Gasteiger partial charge in [-0.15, -0.1) is 0 Å². The fraction of sp³-hybridized carbons (Fsp3) is 0.200. The standard InChI is InChI=1S/C20H16F4N2O3/c1-28-17-4-2-12(3-5-17)19-26-16(11-29-19)6-7-25-18(27)13-8-14(20(22,23)24)10-15(21)9-13/h2-5,8-11H,6-7H2,1H3,(H,25,27). The number of methoxy groups -OCH3 is 1. The number of halogens is 4. The molecule has 0 fully saturated rings. The van der Waals surface area contributed by atoms with Gasteiger partial charge in [0, 0.05) is 24.1 Å². The van der Waals surface area contributed by atoms with E-state index in [0.717, 1.165) is 11.6 Å². The van der Waals surface area contributed by atoms with Gasteiger partial charge < -0.3 is 14.5 Å². The summed E-state index contributed by atoms with van der Waals surface area (Å²) in [6, 6.07) is 8.77. The van der Waals surface area contributed by atoms with Crippen LogP contribution in [0.1, 0.15) is 21.6 Å². The monoisotopic (exact) mass is 408 g/mol. The quantitative estimate of drug-likeness (QED) is 0.611. The zero-order chi connectivity index (χ0) is 21.0. The number of benzene rings is 2. The SMILES string of the molecule is COc1ccc(-c2nc(CCNC(=O)c3cc(F)cc(C(F)(F)F)c3)co2)cc1. The second-order valence-corrected chi connectivity index (χ2v) is 6.10. The molecule has 5 nitrogen and oxygen atoms in total. The van der Waals surface area contributed by atoms with E-state index in [9.17, 15) is 22.4 Å².